The Kier molecular flexibility index (Phi) is 6.01. The van der Waals surface area contributed by atoms with E-state index in [1.165, 1.54) is 13.0 Å². The van der Waals surface area contributed by atoms with Crippen LogP contribution in [0.4, 0.5) is 5.69 Å². The first-order valence-electron chi connectivity index (χ1n) is 6.68. The van der Waals surface area contributed by atoms with E-state index < -0.39 is 10.0 Å². The van der Waals surface area contributed by atoms with Gasteiger partial charge in [-0.3, -0.25) is 9.52 Å². The van der Waals surface area contributed by atoms with Crippen LogP contribution < -0.4 is 9.46 Å². The summed E-state index contributed by atoms with van der Waals surface area (Å²) in [5.41, 5.74) is 0.761. The number of ketones is 1. The van der Waals surface area contributed by atoms with Crippen molar-refractivity contribution < 1.29 is 17.9 Å². The lowest BCUT2D eigenvalue weighted by atomic mass is 10.1. The molecule has 1 aromatic carbocycles. The molecule has 0 atom stereocenters. The number of unbranched alkanes of at least 4 members (excludes halogenated alkanes) is 1. The highest BCUT2D eigenvalue weighted by Crippen LogP contribution is 2.27. The Hall–Kier alpha value is -1.56. The number of carbonyl (C=O) groups excluding carboxylic acids is 1. The maximum Gasteiger partial charge on any atom is 0.232 e. The first kappa shape index (κ1) is 16.5. The zero-order chi connectivity index (χ0) is 15.2. The number of hydrogen-bond acceptors (Lipinski definition) is 4. The third-order valence-electron chi connectivity index (χ3n) is 2.72. The van der Waals surface area contributed by atoms with Crippen LogP contribution >= 0.6 is 0 Å². The van der Waals surface area contributed by atoms with Gasteiger partial charge in [-0.05, 0) is 38.5 Å². The highest BCUT2D eigenvalue weighted by Gasteiger charge is 2.14. The Labute approximate surface area is 120 Å². The van der Waals surface area contributed by atoms with Gasteiger partial charge in [0.05, 0.1) is 18.0 Å². The van der Waals surface area contributed by atoms with Gasteiger partial charge in [-0.15, -0.1) is 0 Å². The third kappa shape index (κ3) is 4.85. The van der Waals surface area contributed by atoms with Crippen LogP contribution in [-0.2, 0) is 10.0 Å². The largest absolute Gasteiger partial charge is 0.492 e. The Balaban J connectivity index is 3.06. The van der Waals surface area contributed by atoms with Crippen molar-refractivity contribution in [2.75, 3.05) is 17.1 Å². The van der Waals surface area contributed by atoms with Crippen molar-refractivity contribution in [2.45, 2.75) is 33.6 Å². The second kappa shape index (κ2) is 7.28. The van der Waals surface area contributed by atoms with Crippen LogP contribution in [0.1, 0.15) is 44.0 Å². The summed E-state index contributed by atoms with van der Waals surface area (Å²) < 4.78 is 31.8. The predicted octanol–water partition coefficient (Wildman–Crippen LogP) is 2.83. The molecule has 0 bridgehead atoms. The minimum Gasteiger partial charge on any atom is -0.492 e. The summed E-state index contributed by atoms with van der Waals surface area (Å²) >= 11 is 0. The average molecular weight is 299 g/mol. The normalized spacial score (nSPS) is 11.2. The third-order valence-corrected chi connectivity index (χ3v) is 4.08. The number of carbonyl (C=O) groups is 1. The minimum absolute atomic E-state index is 0.0549. The second-order valence-corrected chi connectivity index (χ2v) is 6.32. The van der Waals surface area contributed by atoms with Gasteiger partial charge < -0.3 is 4.74 Å². The van der Waals surface area contributed by atoms with Crippen LogP contribution in [0.2, 0.25) is 0 Å². The van der Waals surface area contributed by atoms with E-state index >= 15 is 0 Å². The number of anilines is 1. The zero-order valence-corrected chi connectivity index (χ0v) is 12.9. The van der Waals surface area contributed by atoms with Gasteiger partial charge in [0.15, 0.2) is 5.78 Å². The summed E-state index contributed by atoms with van der Waals surface area (Å²) in [7, 11) is -3.42. The summed E-state index contributed by atoms with van der Waals surface area (Å²) in [5, 5.41) is 0. The molecule has 0 aliphatic heterocycles. The van der Waals surface area contributed by atoms with E-state index in [1.54, 1.807) is 12.1 Å². The van der Waals surface area contributed by atoms with Gasteiger partial charge >= 0.3 is 0 Å². The van der Waals surface area contributed by atoms with E-state index in [4.69, 9.17) is 4.74 Å². The summed E-state index contributed by atoms with van der Waals surface area (Å²) in [4.78, 5) is 11.4. The monoisotopic (exact) mass is 299 g/mol. The number of nitrogens with one attached hydrogen (secondary N) is 1. The summed E-state index contributed by atoms with van der Waals surface area (Å²) in [6.45, 7) is 5.60. The van der Waals surface area contributed by atoms with Crippen molar-refractivity contribution >= 4 is 21.5 Å². The molecule has 0 aromatic heterocycles. The van der Waals surface area contributed by atoms with E-state index in [-0.39, 0.29) is 11.5 Å². The predicted molar refractivity (Wildman–Crippen MR) is 79.9 cm³/mol. The van der Waals surface area contributed by atoms with Crippen molar-refractivity contribution in [1.82, 2.24) is 0 Å². The zero-order valence-electron chi connectivity index (χ0n) is 12.1. The fraction of sp³-hybridized carbons (Fsp3) is 0.500. The topological polar surface area (TPSA) is 72.5 Å². The molecule has 0 aliphatic carbocycles. The van der Waals surface area contributed by atoms with Crippen LogP contribution in [0.5, 0.6) is 5.75 Å². The molecule has 0 saturated heterocycles. The van der Waals surface area contributed by atoms with Crippen molar-refractivity contribution in [3.8, 4) is 5.75 Å². The van der Waals surface area contributed by atoms with Gasteiger partial charge in [-0.2, -0.15) is 0 Å². The van der Waals surface area contributed by atoms with Crippen LogP contribution in [0.3, 0.4) is 0 Å². The smallest absolute Gasteiger partial charge is 0.232 e. The number of benzene rings is 1. The Bertz CT molecular complexity index is 567. The summed E-state index contributed by atoms with van der Waals surface area (Å²) in [6, 6.07) is 4.74. The highest BCUT2D eigenvalue weighted by molar-refractivity contribution is 7.92. The lowest BCUT2D eigenvalue weighted by molar-refractivity contribution is 0.101. The fourth-order valence-corrected chi connectivity index (χ4v) is 2.93. The first-order chi connectivity index (χ1) is 9.39. The van der Waals surface area contributed by atoms with Gasteiger partial charge in [-0.25, -0.2) is 8.42 Å². The minimum atomic E-state index is -3.42. The molecule has 112 valence electrons. The summed E-state index contributed by atoms with van der Waals surface area (Å²) in [5.74, 6) is 0.360. The van der Waals surface area contributed by atoms with Crippen molar-refractivity contribution in [1.29, 1.82) is 0 Å². The van der Waals surface area contributed by atoms with E-state index in [0.29, 0.717) is 30.0 Å². The highest BCUT2D eigenvalue weighted by atomic mass is 32.2. The number of Topliss-reactive ketones (excluding diaryl/α,β-unsaturated/α-hetero) is 1. The molecule has 1 aromatic rings. The number of hydrogen-bond donors (Lipinski definition) is 1. The number of rotatable bonds is 8. The second-order valence-electron chi connectivity index (χ2n) is 4.47. The van der Waals surface area contributed by atoms with Gasteiger partial charge in [0, 0.05) is 5.56 Å². The first-order valence-corrected chi connectivity index (χ1v) is 8.33. The van der Waals surface area contributed by atoms with Crippen molar-refractivity contribution in [3.63, 3.8) is 0 Å². The molecular weight excluding hydrogens is 278 g/mol. The SMILES string of the molecule is CCCCS(=O)(=O)Nc1cc(C(C)=O)ccc1OCC. The molecule has 0 unspecified atom stereocenters. The quantitative estimate of drug-likeness (QED) is 0.749. The lowest BCUT2D eigenvalue weighted by Gasteiger charge is -2.13. The van der Waals surface area contributed by atoms with E-state index in [0.717, 1.165) is 6.42 Å². The molecule has 0 spiro atoms. The molecule has 5 nitrogen and oxygen atoms in total. The Morgan fingerprint density at radius 3 is 2.55 bits per heavy atom. The van der Waals surface area contributed by atoms with Crippen LogP contribution in [-0.4, -0.2) is 26.6 Å². The molecule has 0 amide bonds. The Morgan fingerprint density at radius 1 is 1.30 bits per heavy atom. The molecule has 1 rings (SSSR count). The lowest BCUT2D eigenvalue weighted by Crippen LogP contribution is -2.17. The van der Waals surface area contributed by atoms with Gasteiger partial charge in [0.1, 0.15) is 5.75 Å². The van der Waals surface area contributed by atoms with Gasteiger partial charge in [0.25, 0.3) is 0 Å². The maximum atomic E-state index is 11.9. The maximum absolute atomic E-state index is 11.9. The molecule has 0 fully saturated rings. The van der Waals surface area contributed by atoms with Crippen LogP contribution in [0.25, 0.3) is 0 Å². The molecular formula is C14H21NO4S. The molecule has 0 saturated carbocycles. The van der Waals surface area contributed by atoms with E-state index in [9.17, 15) is 13.2 Å². The molecule has 1 N–H and O–H groups in total. The van der Waals surface area contributed by atoms with E-state index in [2.05, 4.69) is 4.72 Å². The van der Waals surface area contributed by atoms with Crippen LogP contribution in [0.15, 0.2) is 18.2 Å². The average Bonchev–Trinajstić information content (AvgIpc) is 2.38. The van der Waals surface area contributed by atoms with Gasteiger partial charge in [0.2, 0.25) is 10.0 Å². The summed E-state index contributed by atoms with van der Waals surface area (Å²) in [6.07, 6.45) is 1.39. The Morgan fingerprint density at radius 2 is 2.00 bits per heavy atom. The molecule has 6 heteroatoms. The molecule has 20 heavy (non-hydrogen) atoms. The number of ether oxygens (including phenoxy) is 1. The molecule has 0 aliphatic rings. The standard InChI is InChI=1S/C14H21NO4S/c1-4-6-9-20(17,18)15-13-10-12(11(3)16)7-8-14(13)19-5-2/h7-8,10,15H,4-6,9H2,1-3H3. The van der Waals surface area contributed by atoms with E-state index in [1.807, 2.05) is 13.8 Å². The fourth-order valence-electron chi connectivity index (χ4n) is 1.66. The van der Waals surface area contributed by atoms with Crippen LogP contribution in [0, 0.1) is 0 Å². The van der Waals surface area contributed by atoms with Crippen molar-refractivity contribution in [2.24, 2.45) is 0 Å². The molecule has 0 heterocycles. The van der Waals surface area contributed by atoms with Crippen molar-refractivity contribution in [3.05, 3.63) is 23.8 Å². The molecule has 0 radical (unpaired) electrons. The number of sulfonamides is 1. The van der Waals surface area contributed by atoms with Gasteiger partial charge in [-0.1, -0.05) is 13.3 Å².